The highest BCUT2D eigenvalue weighted by molar-refractivity contribution is 7.99. The molecule has 0 aliphatic carbocycles. The Hall–Kier alpha value is -2.77. The van der Waals surface area contributed by atoms with Crippen LogP contribution in [-0.4, -0.2) is 22.4 Å². The Morgan fingerprint density at radius 3 is 2.73 bits per heavy atom. The molecule has 0 N–H and O–H groups in total. The molecule has 2 heterocycles. The average Bonchev–Trinajstić information content (AvgIpc) is 3.16. The van der Waals surface area contributed by atoms with Crippen molar-refractivity contribution >= 4 is 51.7 Å². The zero-order valence-electron chi connectivity index (χ0n) is 16.7. The molecule has 3 aromatic rings. The summed E-state index contributed by atoms with van der Waals surface area (Å²) in [5, 5.41) is 2.37. The molecule has 1 aliphatic rings. The quantitative estimate of drug-likeness (QED) is 0.474. The van der Waals surface area contributed by atoms with E-state index in [9.17, 15) is 14.0 Å². The van der Waals surface area contributed by atoms with Gasteiger partial charge in [0.2, 0.25) is 5.91 Å². The van der Waals surface area contributed by atoms with E-state index in [2.05, 4.69) is 4.98 Å². The Morgan fingerprint density at radius 1 is 1.20 bits per heavy atom. The number of thiazole rings is 1. The third-order valence-electron chi connectivity index (χ3n) is 5.03. The SMILES string of the molecule is CC(=O)N(c1nc(/C=C2\CSc3c(F)cccc3C2=O)cs1)c1cccc(C)c1C. The van der Waals surface area contributed by atoms with Crippen molar-refractivity contribution in [3.8, 4) is 0 Å². The number of carbonyl (C=O) groups is 2. The third kappa shape index (κ3) is 3.70. The number of thioether (sulfide) groups is 1. The van der Waals surface area contributed by atoms with Crippen LogP contribution in [0.25, 0.3) is 6.08 Å². The molecule has 0 radical (unpaired) electrons. The number of hydrogen-bond donors (Lipinski definition) is 0. The number of nitrogens with zero attached hydrogens (tertiary/aromatic N) is 2. The van der Waals surface area contributed by atoms with E-state index < -0.39 is 0 Å². The van der Waals surface area contributed by atoms with Crippen LogP contribution in [0.2, 0.25) is 0 Å². The smallest absolute Gasteiger partial charge is 0.230 e. The summed E-state index contributed by atoms with van der Waals surface area (Å²) in [6.07, 6.45) is 1.73. The Labute approximate surface area is 182 Å². The molecular weight excluding hydrogens is 419 g/mol. The maximum atomic E-state index is 13.9. The van der Waals surface area contributed by atoms with Gasteiger partial charge in [0, 0.05) is 29.2 Å². The lowest BCUT2D eigenvalue weighted by Crippen LogP contribution is -2.23. The lowest BCUT2D eigenvalue weighted by Gasteiger charge is -2.21. The Morgan fingerprint density at radius 2 is 1.97 bits per heavy atom. The van der Waals surface area contributed by atoms with Crippen LogP contribution in [-0.2, 0) is 4.79 Å². The van der Waals surface area contributed by atoms with Crippen LogP contribution in [0.3, 0.4) is 0 Å². The number of carbonyl (C=O) groups excluding carboxylic acids is 2. The molecule has 0 fully saturated rings. The molecule has 1 aliphatic heterocycles. The monoisotopic (exact) mass is 438 g/mol. The summed E-state index contributed by atoms with van der Waals surface area (Å²) in [5.41, 5.74) is 4.46. The minimum atomic E-state index is -0.369. The maximum Gasteiger partial charge on any atom is 0.230 e. The predicted molar refractivity (Wildman–Crippen MR) is 120 cm³/mol. The minimum Gasteiger partial charge on any atom is -0.289 e. The van der Waals surface area contributed by atoms with Gasteiger partial charge in [-0.1, -0.05) is 18.2 Å². The van der Waals surface area contributed by atoms with Crippen molar-refractivity contribution in [1.29, 1.82) is 0 Å². The predicted octanol–water partition coefficient (Wildman–Crippen LogP) is 5.96. The molecular formula is C23H19FN2O2S2. The summed E-state index contributed by atoms with van der Waals surface area (Å²) in [6, 6.07) is 10.4. The van der Waals surface area contributed by atoms with Crippen LogP contribution in [0.4, 0.5) is 15.2 Å². The van der Waals surface area contributed by atoms with E-state index in [1.165, 1.54) is 36.1 Å². The van der Waals surface area contributed by atoms with Crippen molar-refractivity contribution in [1.82, 2.24) is 4.98 Å². The van der Waals surface area contributed by atoms with Crippen molar-refractivity contribution < 1.29 is 14.0 Å². The van der Waals surface area contributed by atoms with Gasteiger partial charge in [0.1, 0.15) is 5.82 Å². The topological polar surface area (TPSA) is 50.3 Å². The molecule has 4 rings (SSSR count). The van der Waals surface area contributed by atoms with Gasteiger partial charge in [0.05, 0.1) is 16.3 Å². The second kappa shape index (κ2) is 8.16. The highest BCUT2D eigenvalue weighted by Gasteiger charge is 2.25. The van der Waals surface area contributed by atoms with Crippen LogP contribution >= 0.6 is 23.1 Å². The van der Waals surface area contributed by atoms with E-state index in [1.54, 1.807) is 23.1 Å². The van der Waals surface area contributed by atoms with E-state index in [0.29, 0.717) is 32.6 Å². The molecule has 152 valence electrons. The Bertz CT molecular complexity index is 1200. The molecule has 7 heteroatoms. The first-order valence-corrected chi connectivity index (χ1v) is 11.2. The van der Waals surface area contributed by atoms with Gasteiger partial charge < -0.3 is 0 Å². The van der Waals surface area contributed by atoms with Gasteiger partial charge in [-0.15, -0.1) is 23.1 Å². The second-order valence-electron chi connectivity index (χ2n) is 7.03. The molecule has 0 saturated heterocycles. The van der Waals surface area contributed by atoms with E-state index in [1.807, 2.05) is 37.4 Å². The van der Waals surface area contributed by atoms with Crippen molar-refractivity contribution in [3.05, 3.63) is 75.6 Å². The minimum absolute atomic E-state index is 0.133. The second-order valence-corrected chi connectivity index (χ2v) is 8.85. The molecule has 1 aromatic heterocycles. The molecule has 1 amide bonds. The Kier molecular flexibility index (Phi) is 5.58. The van der Waals surface area contributed by atoms with Crippen molar-refractivity contribution in [3.63, 3.8) is 0 Å². The third-order valence-corrected chi connectivity index (χ3v) is 7.03. The normalized spacial score (nSPS) is 14.7. The summed E-state index contributed by atoms with van der Waals surface area (Å²) in [7, 11) is 0. The molecule has 4 nitrogen and oxygen atoms in total. The number of aromatic nitrogens is 1. The number of anilines is 2. The van der Waals surface area contributed by atoms with E-state index in [4.69, 9.17) is 0 Å². The van der Waals surface area contributed by atoms with Crippen molar-refractivity contribution in [2.75, 3.05) is 10.7 Å². The van der Waals surface area contributed by atoms with E-state index >= 15 is 0 Å². The first-order chi connectivity index (χ1) is 14.4. The average molecular weight is 439 g/mol. The lowest BCUT2D eigenvalue weighted by atomic mass is 10.0. The first kappa shape index (κ1) is 20.5. The zero-order chi connectivity index (χ0) is 21.4. The van der Waals surface area contributed by atoms with Gasteiger partial charge in [0.15, 0.2) is 10.9 Å². The largest absolute Gasteiger partial charge is 0.289 e. The molecule has 0 saturated carbocycles. The van der Waals surface area contributed by atoms with Crippen LogP contribution in [0.15, 0.2) is 52.2 Å². The fraction of sp³-hybridized carbons (Fsp3) is 0.174. The Balaban J connectivity index is 1.68. The molecule has 0 atom stereocenters. The molecule has 2 aromatic carbocycles. The van der Waals surface area contributed by atoms with Crippen LogP contribution < -0.4 is 4.90 Å². The van der Waals surface area contributed by atoms with Gasteiger partial charge in [-0.2, -0.15) is 0 Å². The van der Waals surface area contributed by atoms with Crippen LogP contribution in [0.1, 0.15) is 34.1 Å². The van der Waals surface area contributed by atoms with Crippen LogP contribution in [0, 0.1) is 19.7 Å². The van der Waals surface area contributed by atoms with Gasteiger partial charge in [-0.25, -0.2) is 9.37 Å². The number of amides is 1. The highest BCUT2D eigenvalue weighted by Crippen LogP contribution is 2.36. The number of hydrogen-bond acceptors (Lipinski definition) is 5. The van der Waals surface area contributed by atoms with Gasteiger partial charge in [-0.05, 0) is 49.2 Å². The standard InChI is InChI=1S/C23H19FN2O2S2/c1-13-6-4-9-20(14(13)2)26(15(3)27)23-25-17(12-30-23)10-16-11-29-22-18(21(16)28)7-5-8-19(22)24/h4-10,12H,11H2,1-3H3/b16-10+. The summed E-state index contributed by atoms with van der Waals surface area (Å²) in [4.78, 5) is 31.8. The number of benzene rings is 2. The lowest BCUT2D eigenvalue weighted by molar-refractivity contribution is -0.115. The van der Waals surface area contributed by atoms with Crippen LogP contribution in [0.5, 0.6) is 0 Å². The van der Waals surface area contributed by atoms with Crippen molar-refractivity contribution in [2.45, 2.75) is 25.7 Å². The number of aryl methyl sites for hydroxylation is 1. The van der Waals surface area contributed by atoms with Crippen molar-refractivity contribution in [2.24, 2.45) is 0 Å². The maximum absolute atomic E-state index is 13.9. The highest BCUT2D eigenvalue weighted by atomic mass is 32.2. The summed E-state index contributed by atoms with van der Waals surface area (Å²) in [5.74, 6) is -0.305. The number of ketones is 1. The summed E-state index contributed by atoms with van der Waals surface area (Å²) < 4.78 is 13.9. The van der Waals surface area contributed by atoms with Gasteiger partial charge in [0.25, 0.3) is 0 Å². The summed E-state index contributed by atoms with van der Waals surface area (Å²) >= 11 is 2.66. The van der Waals surface area contributed by atoms with E-state index in [-0.39, 0.29) is 17.5 Å². The molecule has 0 bridgehead atoms. The van der Waals surface area contributed by atoms with E-state index in [0.717, 1.165) is 16.8 Å². The number of fused-ring (bicyclic) bond motifs is 1. The zero-order valence-corrected chi connectivity index (χ0v) is 18.4. The summed E-state index contributed by atoms with van der Waals surface area (Å²) in [6.45, 7) is 5.49. The fourth-order valence-corrected chi connectivity index (χ4v) is 5.21. The fourth-order valence-electron chi connectivity index (χ4n) is 3.34. The van der Waals surface area contributed by atoms with Gasteiger partial charge in [-0.3, -0.25) is 14.5 Å². The molecule has 0 spiro atoms. The number of halogens is 1. The molecule has 30 heavy (non-hydrogen) atoms. The number of Topliss-reactive ketones (excluding diaryl/α,β-unsaturated/α-hetero) is 1. The molecule has 0 unspecified atom stereocenters. The first-order valence-electron chi connectivity index (χ1n) is 9.36. The number of rotatable bonds is 3. The van der Waals surface area contributed by atoms with Gasteiger partial charge >= 0.3 is 0 Å².